The molecule has 0 spiro atoms. The second kappa shape index (κ2) is 6.35. The monoisotopic (exact) mass is 286 g/mol. The molecule has 5 heteroatoms. The van der Waals surface area contributed by atoms with Crippen LogP contribution in [0.5, 0.6) is 0 Å². The van der Waals surface area contributed by atoms with Gasteiger partial charge in [-0.15, -0.1) is 0 Å². The molecule has 0 saturated heterocycles. The maximum absolute atomic E-state index is 12.4. The summed E-state index contributed by atoms with van der Waals surface area (Å²) in [5, 5.41) is 13.4. The summed E-state index contributed by atoms with van der Waals surface area (Å²) in [4.78, 5) is 27.6. The fraction of sp³-hybridized carbons (Fsp3) is 0.312. The average Bonchev–Trinajstić information content (AvgIpc) is 2.45. The Bertz CT molecular complexity index is 662. The number of nitrogens with zero attached hydrogens (tertiary/aromatic N) is 1. The van der Waals surface area contributed by atoms with E-state index in [0.29, 0.717) is 12.0 Å². The lowest BCUT2D eigenvalue weighted by Crippen LogP contribution is -2.41. The summed E-state index contributed by atoms with van der Waals surface area (Å²) in [5.74, 6) is -1.21. The van der Waals surface area contributed by atoms with E-state index in [1.165, 1.54) is 0 Å². The summed E-state index contributed by atoms with van der Waals surface area (Å²) in [6.07, 6.45) is 3.68. The van der Waals surface area contributed by atoms with Gasteiger partial charge in [0, 0.05) is 23.3 Å². The van der Waals surface area contributed by atoms with Crippen molar-refractivity contribution in [1.29, 1.82) is 0 Å². The maximum atomic E-state index is 12.4. The van der Waals surface area contributed by atoms with Crippen molar-refractivity contribution in [1.82, 2.24) is 10.3 Å². The van der Waals surface area contributed by atoms with Gasteiger partial charge in [-0.05, 0) is 29.9 Å². The molecule has 0 aliphatic carbocycles. The number of carbonyl (C=O) groups is 2. The molecule has 5 nitrogen and oxygen atoms in total. The van der Waals surface area contributed by atoms with Gasteiger partial charge in [-0.2, -0.15) is 0 Å². The second-order valence-corrected chi connectivity index (χ2v) is 5.40. The van der Waals surface area contributed by atoms with Crippen LogP contribution in [0.15, 0.2) is 36.7 Å². The fourth-order valence-corrected chi connectivity index (χ4v) is 2.25. The van der Waals surface area contributed by atoms with Gasteiger partial charge in [0.1, 0.15) is 6.04 Å². The zero-order chi connectivity index (χ0) is 15.4. The Morgan fingerprint density at radius 3 is 2.71 bits per heavy atom. The molecule has 0 saturated carbocycles. The highest BCUT2D eigenvalue weighted by molar-refractivity contribution is 6.07. The van der Waals surface area contributed by atoms with Crippen LogP contribution in [-0.2, 0) is 4.79 Å². The SMILES string of the molecule is CC(C)CC(NC(=O)c1cccc2cnccc12)C(=O)O. The number of hydrogen-bond donors (Lipinski definition) is 2. The molecular weight excluding hydrogens is 268 g/mol. The van der Waals surface area contributed by atoms with E-state index in [-0.39, 0.29) is 11.8 Å². The van der Waals surface area contributed by atoms with Crippen LogP contribution in [0.25, 0.3) is 10.8 Å². The van der Waals surface area contributed by atoms with Gasteiger partial charge in [-0.3, -0.25) is 9.78 Å². The van der Waals surface area contributed by atoms with Crippen molar-refractivity contribution in [3.8, 4) is 0 Å². The Hall–Kier alpha value is -2.43. The van der Waals surface area contributed by atoms with Crippen molar-refractivity contribution in [2.45, 2.75) is 26.3 Å². The number of aromatic nitrogens is 1. The summed E-state index contributed by atoms with van der Waals surface area (Å²) < 4.78 is 0. The molecule has 1 unspecified atom stereocenters. The Kier molecular flexibility index (Phi) is 4.52. The average molecular weight is 286 g/mol. The lowest BCUT2D eigenvalue weighted by molar-refractivity contribution is -0.139. The molecule has 0 aliphatic heterocycles. The van der Waals surface area contributed by atoms with Gasteiger partial charge >= 0.3 is 5.97 Å². The molecule has 0 bridgehead atoms. The highest BCUT2D eigenvalue weighted by Gasteiger charge is 2.22. The van der Waals surface area contributed by atoms with Crippen LogP contribution in [0.2, 0.25) is 0 Å². The molecule has 0 aliphatic rings. The minimum Gasteiger partial charge on any atom is -0.480 e. The molecule has 1 atom stereocenters. The van der Waals surface area contributed by atoms with E-state index in [1.54, 1.807) is 30.6 Å². The minimum absolute atomic E-state index is 0.183. The first-order valence-electron chi connectivity index (χ1n) is 6.85. The van der Waals surface area contributed by atoms with E-state index in [0.717, 1.165) is 10.8 Å². The Morgan fingerprint density at radius 2 is 2.05 bits per heavy atom. The highest BCUT2D eigenvalue weighted by atomic mass is 16.4. The normalized spacial score (nSPS) is 12.3. The fourth-order valence-electron chi connectivity index (χ4n) is 2.25. The molecule has 2 N–H and O–H groups in total. The zero-order valence-electron chi connectivity index (χ0n) is 12.0. The number of nitrogens with one attached hydrogen (secondary N) is 1. The topological polar surface area (TPSA) is 79.3 Å². The van der Waals surface area contributed by atoms with Crippen LogP contribution >= 0.6 is 0 Å². The summed E-state index contributed by atoms with van der Waals surface area (Å²) in [7, 11) is 0. The lowest BCUT2D eigenvalue weighted by Gasteiger charge is -2.17. The number of hydrogen-bond acceptors (Lipinski definition) is 3. The highest BCUT2D eigenvalue weighted by Crippen LogP contribution is 2.18. The first kappa shape index (κ1) is 15.0. The van der Waals surface area contributed by atoms with Crippen LogP contribution in [0.1, 0.15) is 30.6 Å². The summed E-state index contributed by atoms with van der Waals surface area (Å²) in [5.41, 5.74) is 0.463. The van der Waals surface area contributed by atoms with Crippen LogP contribution in [0.4, 0.5) is 0 Å². The van der Waals surface area contributed by atoms with Crippen LogP contribution < -0.4 is 5.32 Å². The van der Waals surface area contributed by atoms with E-state index in [2.05, 4.69) is 10.3 Å². The van der Waals surface area contributed by atoms with Gasteiger partial charge in [0.15, 0.2) is 0 Å². The van der Waals surface area contributed by atoms with Crippen molar-refractivity contribution in [2.75, 3.05) is 0 Å². The number of carbonyl (C=O) groups excluding carboxylic acids is 1. The third-order valence-electron chi connectivity index (χ3n) is 3.24. The molecule has 110 valence electrons. The van der Waals surface area contributed by atoms with Gasteiger partial charge in [-0.1, -0.05) is 26.0 Å². The number of pyridine rings is 1. The molecule has 1 amide bonds. The van der Waals surface area contributed by atoms with Crippen molar-refractivity contribution in [3.05, 3.63) is 42.2 Å². The predicted octanol–water partition coefficient (Wildman–Crippen LogP) is 2.46. The Balaban J connectivity index is 2.27. The Morgan fingerprint density at radius 1 is 1.29 bits per heavy atom. The third-order valence-corrected chi connectivity index (χ3v) is 3.24. The lowest BCUT2D eigenvalue weighted by atomic mass is 10.0. The number of carboxylic acids is 1. The molecule has 2 aromatic rings. The van der Waals surface area contributed by atoms with Crippen molar-refractivity contribution >= 4 is 22.6 Å². The zero-order valence-corrected chi connectivity index (χ0v) is 12.0. The van der Waals surface area contributed by atoms with E-state index < -0.39 is 12.0 Å². The maximum Gasteiger partial charge on any atom is 0.326 e. The number of benzene rings is 1. The van der Waals surface area contributed by atoms with Gasteiger partial charge in [0.05, 0.1) is 0 Å². The molecule has 2 rings (SSSR count). The van der Waals surface area contributed by atoms with Gasteiger partial charge in [-0.25, -0.2) is 4.79 Å². The smallest absolute Gasteiger partial charge is 0.326 e. The van der Waals surface area contributed by atoms with Crippen molar-refractivity contribution < 1.29 is 14.7 Å². The van der Waals surface area contributed by atoms with Crippen LogP contribution in [0.3, 0.4) is 0 Å². The first-order valence-corrected chi connectivity index (χ1v) is 6.85. The third kappa shape index (κ3) is 3.56. The van der Waals surface area contributed by atoms with Gasteiger partial charge in [0.2, 0.25) is 0 Å². The molecule has 21 heavy (non-hydrogen) atoms. The van der Waals surface area contributed by atoms with E-state index in [4.69, 9.17) is 0 Å². The molecule has 1 aromatic heterocycles. The standard InChI is InChI=1S/C16H18N2O3/c1-10(2)8-14(16(20)21)18-15(19)13-5-3-4-11-9-17-7-6-12(11)13/h3-7,9-10,14H,8H2,1-2H3,(H,18,19)(H,20,21). The van der Waals surface area contributed by atoms with Crippen molar-refractivity contribution in [3.63, 3.8) is 0 Å². The molecular formula is C16H18N2O3. The predicted molar refractivity (Wildman–Crippen MR) is 80.1 cm³/mol. The van der Waals surface area contributed by atoms with Gasteiger partial charge in [0.25, 0.3) is 5.91 Å². The Labute approximate surface area is 123 Å². The number of fused-ring (bicyclic) bond motifs is 1. The van der Waals surface area contributed by atoms with Crippen molar-refractivity contribution in [2.24, 2.45) is 5.92 Å². The summed E-state index contributed by atoms with van der Waals surface area (Å²) in [6, 6.07) is 6.18. The number of rotatable bonds is 5. The van der Waals surface area contributed by atoms with Gasteiger partial charge < -0.3 is 10.4 Å². The summed E-state index contributed by atoms with van der Waals surface area (Å²) >= 11 is 0. The van der Waals surface area contributed by atoms with E-state index in [9.17, 15) is 14.7 Å². The number of aliphatic carboxylic acids is 1. The quantitative estimate of drug-likeness (QED) is 0.885. The molecule has 1 heterocycles. The number of amides is 1. The number of carboxylic acid groups (broad SMARTS) is 1. The molecule has 0 radical (unpaired) electrons. The summed E-state index contributed by atoms with van der Waals surface area (Å²) in [6.45, 7) is 3.84. The first-order chi connectivity index (χ1) is 9.99. The minimum atomic E-state index is -1.01. The second-order valence-electron chi connectivity index (χ2n) is 5.40. The van der Waals surface area contributed by atoms with Crippen LogP contribution in [0, 0.1) is 5.92 Å². The van der Waals surface area contributed by atoms with Crippen LogP contribution in [-0.4, -0.2) is 28.0 Å². The van der Waals surface area contributed by atoms with E-state index in [1.807, 2.05) is 19.9 Å². The largest absolute Gasteiger partial charge is 0.480 e. The molecule has 1 aromatic carbocycles. The van der Waals surface area contributed by atoms with E-state index >= 15 is 0 Å². The molecule has 0 fully saturated rings.